The Morgan fingerprint density at radius 2 is 1.97 bits per heavy atom. The van der Waals surface area contributed by atoms with Gasteiger partial charge in [0.15, 0.2) is 5.65 Å². The first kappa shape index (κ1) is 20.7. The van der Waals surface area contributed by atoms with Crippen LogP contribution >= 0.6 is 11.6 Å². The number of carbonyl (C=O) groups excluding carboxylic acids is 1. The quantitative estimate of drug-likeness (QED) is 0.600. The van der Waals surface area contributed by atoms with E-state index in [-0.39, 0.29) is 23.9 Å². The maximum Gasteiger partial charge on any atom is 0.433 e. The van der Waals surface area contributed by atoms with E-state index >= 15 is 0 Å². The maximum atomic E-state index is 13.6. The molecule has 1 atom stereocenters. The number of benzene rings is 1. The molecule has 0 spiro atoms. The van der Waals surface area contributed by atoms with E-state index in [0.29, 0.717) is 42.3 Å². The highest BCUT2D eigenvalue weighted by Gasteiger charge is 2.36. The van der Waals surface area contributed by atoms with Gasteiger partial charge in [-0.3, -0.25) is 4.79 Å². The third-order valence-corrected chi connectivity index (χ3v) is 5.57. The first-order chi connectivity index (χ1) is 14.2. The number of likely N-dealkylation sites (tertiary alicyclic amines) is 1. The van der Waals surface area contributed by atoms with Crippen LogP contribution in [0, 0.1) is 6.92 Å². The first-order valence-corrected chi connectivity index (χ1v) is 10.1. The van der Waals surface area contributed by atoms with Crippen LogP contribution in [0.5, 0.6) is 0 Å². The van der Waals surface area contributed by atoms with Crippen LogP contribution in [0.3, 0.4) is 0 Å². The molecule has 1 fully saturated rings. The molecule has 30 heavy (non-hydrogen) atoms. The average Bonchev–Trinajstić information content (AvgIpc) is 3.08. The summed E-state index contributed by atoms with van der Waals surface area (Å²) in [5.74, 6) is -0.312. The molecule has 4 rings (SSSR count). The molecule has 0 saturated carbocycles. The van der Waals surface area contributed by atoms with E-state index in [2.05, 4.69) is 10.1 Å². The molecule has 1 aliphatic heterocycles. The van der Waals surface area contributed by atoms with Gasteiger partial charge in [0.25, 0.3) is 0 Å². The van der Waals surface area contributed by atoms with Gasteiger partial charge in [0, 0.05) is 35.8 Å². The molecule has 5 nitrogen and oxygen atoms in total. The second-order valence-corrected chi connectivity index (χ2v) is 8.04. The summed E-state index contributed by atoms with van der Waals surface area (Å²) in [6.45, 7) is 2.56. The molecule has 0 unspecified atom stereocenters. The predicted molar refractivity (Wildman–Crippen MR) is 106 cm³/mol. The fourth-order valence-electron chi connectivity index (χ4n) is 3.85. The van der Waals surface area contributed by atoms with Gasteiger partial charge in [-0.05, 0) is 43.5 Å². The van der Waals surface area contributed by atoms with Crippen LogP contribution in [0.4, 0.5) is 13.2 Å². The number of rotatable bonds is 3. The smallest absolute Gasteiger partial charge is 0.342 e. The summed E-state index contributed by atoms with van der Waals surface area (Å²) in [5.41, 5.74) is 0.981. The Labute approximate surface area is 176 Å². The molecule has 0 N–H and O–H groups in total. The molecule has 158 valence electrons. The number of carbonyl (C=O) groups is 1. The summed E-state index contributed by atoms with van der Waals surface area (Å²) in [6.07, 6.45) is -2.93. The Hall–Kier alpha value is -2.61. The normalized spacial score (nSPS) is 17.5. The zero-order valence-electron chi connectivity index (χ0n) is 16.3. The summed E-state index contributed by atoms with van der Waals surface area (Å²) in [7, 11) is 0. The zero-order valence-corrected chi connectivity index (χ0v) is 17.0. The molecule has 2 aromatic heterocycles. The van der Waals surface area contributed by atoms with Crippen molar-refractivity contribution in [2.75, 3.05) is 13.1 Å². The van der Waals surface area contributed by atoms with Crippen molar-refractivity contribution in [1.29, 1.82) is 0 Å². The van der Waals surface area contributed by atoms with Crippen molar-refractivity contribution < 1.29 is 18.0 Å². The fourth-order valence-corrected chi connectivity index (χ4v) is 3.98. The van der Waals surface area contributed by atoms with E-state index in [0.717, 1.165) is 16.1 Å². The molecule has 1 aliphatic rings. The molecule has 0 bridgehead atoms. The highest BCUT2D eigenvalue weighted by Crippen LogP contribution is 2.33. The van der Waals surface area contributed by atoms with Crippen LogP contribution < -0.4 is 0 Å². The number of alkyl halides is 3. The lowest BCUT2D eigenvalue weighted by Gasteiger charge is -2.33. The van der Waals surface area contributed by atoms with Gasteiger partial charge < -0.3 is 4.90 Å². The monoisotopic (exact) mass is 436 g/mol. The lowest BCUT2D eigenvalue weighted by atomic mass is 9.93. The molecular formula is C21H20ClF3N4O. The van der Waals surface area contributed by atoms with Gasteiger partial charge in [-0.15, -0.1) is 0 Å². The lowest BCUT2D eigenvalue weighted by Crippen LogP contribution is -2.40. The zero-order chi connectivity index (χ0) is 21.5. The maximum absolute atomic E-state index is 13.6. The number of hydrogen-bond acceptors (Lipinski definition) is 3. The molecular weight excluding hydrogens is 417 g/mol. The Bertz CT molecular complexity index is 1080. The van der Waals surface area contributed by atoms with Crippen LogP contribution in [0.15, 0.2) is 36.4 Å². The summed E-state index contributed by atoms with van der Waals surface area (Å²) in [6, 6.07) is 9.66. The minimum Gasteiger partial charge on any atom is -0.342 e. The van der Waals surface area contributed by atoms with E-state index in [1.165, 1.54) is 6.07 Å². The second kappa shape index (κ2) is 7.91. The largest absolute Gasteiger partial charge is 0.433 e. The molecule has 9 heteroatoms. The number of aryl methyl sites for hydroxylation is 1. The van der Waals surface area contributed by atoms with Crippen molar-refractivity contribution in [3.05, 3.63) is 64.1 Å². The minimum absolute atomic E-state index is 0.0562. The van der Waals surface area contributed by atoms with Crippen LogP contribution in [0.25, 0.3) is 5.65 Å². The van der Waals surface area contributed by atoms with E-state index in [9.17, 15) is 18.0 Å². The fraction of sp³-hybridized carbons (Fsp3) is 0.381. The number of hydrogen-bond donors (Lipinski definition) is 0. The van der Waals surface area contributed by atoms with Gasteiger partial charge in [-0.1, -0.05) is 23.7 Å². The van der Waals surface area contributed by atoms with Crippen molar-refractivity contribution >= 4 is 23.2 Å². The Kier molecular flexibility index (Phi) is 5.44. The first-order valence-electron chi connectivity index (χ1n) is 9.67. The van der Waals surface area contributed by atoms with Crippen LogP contribution in [0.1, 0.15) is 41.4 Å². The molecule has 1 aromatic carbocycles. The summed E-state index contributed by atoms with van der Waals surface area (Å²) >= 11 is 5.88. The summed E-state index contributed by atoms with van der Waals surface area (Å²) in [5, 5.41) is 4.52. The van der Waals surface area contributed by atoms with Crippen molar-refractivity contribution in [1.82, 2.24) is 19.5 Å². The van der Waals surface area contributed by atoms with Crippen LogP contribution in [0.2, 0.25) is 5.02 Å². The number of fused-ring (bicyclic) bond motifs is 1. The van der Waals surface area contributed by atoms with Crippen LogP contribution in [-0.4, -0.2) is 38.5 Å². The predicted octanol–water partition coefficient (Wildman–Crippen LogP) is 4.66. The number of nitrogens with zero attached hydrogens (tertiary/aromatic N) is 4. The van der Waals surface area contributed by atoms with Gasteiger partial charge in [-0.2, -0.15) is 18.3 Å². The van der Waals surface area contributed by atoms with E-state index in [1.807, 2.05) is 0 Å². The van der Waals surface area contributed by atoms with Gasteiger partial charge in [0.05, 0.1) is 12.1 Å². The molecule has 0 radical (unpaired) electrons. The second-order valence-electron chi connectivity index (χ2n) is 7.60. The molecule has 1 saturated heterocycles. The molecule has 0 aliphatic carbocycles. The van der Waals surface area contributed by atoms with Gasteiger partial charge in [0.2, 0.25) is 5.91 Å². The number of piperidine rings is 1. The van der Waals surface area contributed by atoms with E-state index in [4.69, 9.17) is 11.6 Å². The highest BCUT2D eigenvalue weighted by atomic mass is 35.5. The third kappa shape index (κ3) is 4.28. The van der Waals surface area contributed by atoms with Crippen molar-refractivity contribution in [2.45, 2.75) is 38.3 Å². The summed E-state index contributed by atoms with van der Waals surface area (Å²) in [4.78, 5) is 18.9. The number of amides is 1. The highest BCUT2D eigenvalue weighted by molar-refractivity contribution is 6.30. The molecule has 1 amide bonds. The lowest BCUT2D eigenvalue weighted by molar-refractivity contribution is -0.142. The van der Waals surface area contributed by atoms with Gasteiger partial charge in [0.1, 0.15) is 5.69 Å². The minimum atomic E-state index is -4.55. The van der Waals surface area contributed by atoms with Gasteiger partial charge in [-0.25, -0.2) is 9.50 Å². The number of aromatic nitrogens is 3. The SMILES string of the molecule is Cc1cc2nc([C@H]3CCCN(C(=O)Cc4ccc(Cl)cc4)C3)cc(C(F)(F)F)n2n1. The topological polar surface area (TPSA) is 50.5 Å². The number of halogens is 4. The molecule has 3 aromatic rings. The van der Waals surface area contributed by atoms with Gasteiger partial charge >= 0.3 is 6.18 Å². The van der Waals surface area contributed by atoms with Crippen LogP contribution in [-0.2, 0) is 17.4 Å². The Morgan fingerprint density at radius 3 is 2.67 bits per heavy atom. The van der Waals surface area contributed by atoms with E-state index in [1.54, 1.807) is 36.1 Å². The van der Waals surface area contributed by atoms with Crippen molar-refractivity contribution in [3.63, 3.8) is 0 Å². The van der Waals surface area contributed by atoms with E-state index < -0.39 is 11.9 Å². The van der Waals surface area contributed by atoms with Crippen molar-refractivity contribution in [2.24, 2.45) is 0 Å². The summed E-state index contributed by atoms with van der Waals surface area (Å²) < 4.78 is 41.6. The average molecular weight is 437 g/mol. The standard InChI is InChI=1S/C21H20ClF3N4O/c1-13-9-19-26-17(11-18(21(23,24)25)29(19)27-13)15-3-2-8-28(12-15)20(30)10-14-4-6-16(22)7-5-14/h4-7,9,11,15H,2-3,8,10,12H2,1H3/t15-/m0/s1. The third-order valence-electron chi connectivity index (χ3n) is 5.32. The van der Waals surface area contributed by atoms with Crippen molar-refractivity contribution in [3.8, 4) is 0 Å². The molecule has 3 heterocycles. The Balaban J connectivity index is 1.57. The Morgan fingerprint density at radius 1 is 1.23 bits per heavy atom.